The minimum atomic E-state index is -4.36. The Morgan fingerprint density at radius 1 is 1.38 bits per heavy atom. The van der Waals surface area contributed by atoms with Gasteiger partial charge in [0.2, 0.25) is 0 Å². The molecule has 0 saturated heterocycles. The molecule has 0 rings (SSSR count). The van der Waals surface area contributed by atoms with E-state index in [4.69, 9.17) is 0 Å². The molecule has 0 heterocycles. The maximum atomic E-state index is 11.0. The van der Waals surface area contributed by atoms with Crippen LogP contribution in [0.4, 0.5) is 13.2 Å². The summed E-state index contributed by atoms with van der Waals surface area (Å²) in [6.07, 6.45) is -4.36. The molecular weight excluding hydrogens is 137 g/mol. The summed E-state index contributed by atoms with van der Waals surface area (Å²) >= 11 is 3.46. The van der Waals surface area contributed by atoms with Crippen LogP contribution in [0.5, 0.6) is 0 Å². The van der Waals surface area contributed by atoms with Gasteiger partial charge in [0.05, 0.1) is 5.75 Å². The van der Waals surface area contributed by atoms with Crippen LogP contribution >= 0.6 is 12.6 Å². The van der Waals surface area contributed by atoms with Crippen molar-refractivity contribution in [1.29, 1.82) is 0 Å². The second-order valence-corrected chi connectivity index (χ2v) is 1.27. The predicted octanol–water partition coefficient (Wildman–Crippen LogP) is 1.48. The van der Waals surface area contributed by atoms with Crippen molar-refractivity contribution in [2.24, 2.45) is 0 Å². The predicted molar refractivity (Wildman–Crippen MR) is 27.7 cm³/mol. The monoisotopic (exact) mass is 140 g/mol. The van der Waals surface area contributed by atoms with Crippen LogP contribution < -0.4 is 0 Å². The quantitative estimate of drug-likeness (QED) is 0.382. The van der Waals surface area contributed by atoms with Gasteiger partial charge in [-0.2, -0.15) is 25.8 Å². The molecule has 0 aliphatic rings. The lowest BCUT2D eigenvalue weighted by Crippen LogP contribution is -2.01. The van der Waals surface area contributed by atoms with E-state index in [1.54, 1.807) is 5.92 Å². The number of rotatable bonds is 0. The number of hydrogen-bond acceptors (Lipinski definition) is 1. The average Bonchev–Trinajstić information content (AvgIpc) is 1.59. The molecule has 0 aromatic carbocycles. The second kappa shape index (κ2) is 2.88. The first-order valence-electron chi connectivity index (χ1n) is 1.74. The Bertz CT molecular complexity index is 115. The SMILES string of the molecule is FC(F)(F)C#CCS. The molecule has 0 atom stereocenters. The molecule has 0 bridgehead atoms. The molecule has 8 heavy (non-hydrogen) atoms. The van der Waals surface area contributed by atoms with Gasteiger partial charge in [-0.05, 0) is 0 Å². The number of thiol groups is 1. The first-order chi connectivity index (χ1) is 3.56. The van der Waals surface area contributed by atoms with E-state index in [-0.39, 0.29) is 5.75 Å². The van der Waals surface area contributed by atoms with Crippen molar-refractivity contribution in [3.8, 4) is 11.8 Å². The first-order valence-corrected chi connectivity index (χ1v) is 2.37. The summed E-state index contributed by atoms with van der Waals surface area (Å²) in [6, 6.07) is 0. The van der Waals surface area contributed by atoms with Crippen LogP contribution in [0, 0.1) is 11.8 Å². The Kier molecular flexibility index (Phi) is 2.77. The molecular formula is C4H3F3S. The molecule has 4 heteroatoms. The van der Waals surface area contributed by atoms with Gasteiger partial charge in [0.25, 0.3) is 0 Å². The summed E-state index contributed by atoms with van der Waals surface area (Å²) in [7, 11) is 0. The summed E-state index contributed by atoms with van der Waals surface area (Å²) in [6.45, 7) is 0. The standard InChI is InChI=1S/C4H3F3S/c5-4(6,7)2-1-3-8/h8H,3H2. The van der Waals surface area contributed by atoms with E-state index in [9.17, 15) is 13.2 Å². The Morgan fingerprint density at radius 2 is 1.88 bits per heavy atom. The van der Waals surface area contributed by atoms with E-state index in [2.05, 4.69) is 12.6 Å². The zero-order valence-electron chi connectivity index (χ0n) is 3.79. The highest BCUT2D eigenvalue weighted by Gasteiger charge is 2.22. The van der Waals surface area contributed by atoms with E-state index >= 15 is 0 Å². The summed E-state index contributed by atoms with van der Waals surface area (Å²) in [4.78, 5) is 0. The van der Waals surface area contributed by atoms with Gasteiger partial charge >= 0.3 is 6.18 Å². The highest BCUT2D eigenvalue weighted by Crippen LogP contribution is 2.11. The van der Waals surface area contributed by atoms with Crippen LogP contribution in [-0.4, -0.2) is 11.9 Å². The molecule has 0 fully saturated rings. The summed E-state index contributed by atoms with van der Waals surface area (Å²) in [5, 5.41) is 0. The minimum Gasteiger partial charge on any atom is -0.166 e. The van der Waals surface area contributed by atoms with E-state index in [1.165, 1.54) is 0 Å². The fourth-order valence-electron chi connectivity index (χ4n) is 0.140. The van der Waals surface area contributed by atoms with E-state index in [0.717, 1.165) is 5.92 Å². The summed E-state index contributed by atoms with van der Waals surface area (Å²) in [5.74, 6) is 2.77. The zero-order chi connectivity index (χ0) is 6.62. The maximum absolute atomic E-state index is 11.0. The van der Waals surface area contributed by atoms with Gasteiger partial charge in [-0.1, -0.05) is 5.92 Å². The number of hydrogen-bond donors (Lipinski definition) is 1. The van der Waals surface area contributed by atoms with Crippen LogP contribution in [0.25, 0.3) is 0 Å². The van der Waals surface area contributed by atoms with Crippen molar-refractivity contribution in [3.05, 3.63) is 0 Å². The van der Waals surface area contributed by atoms with Crippen molar-refractivity contribution in [1.82, 2.24) is 0 Å². The van der Waals surface area contributed by atoms with Crippen LogP contribution in [0.1, 0.15) is 0 Å². The third-order valence-electron chi connectivity index (χ3n) is 0.309. The molecule has 0 aromatic heterocycles. The van der Waals surface area contributed by atoms with Gasteiger partial charge in [0.15, 0.2) is 0 Å². The Balaban J connectivity index is 3.69. The van der Waals surface area contributed by atoms with Crippen molar-refractivity contribution >= 4 is 12.6 Å². The molecule has 0 saturated carbocycles. The highest BCUT2D eigenvalue weighted by molar-refractivity contribution is 7.80. The largest absolute Gasteiger partial charge is 0.457 e. The second-order valence-electron chi connectivity index (χ2n) is 0.958. The molecule has 0 aliphatic carbocycles. The lowest BCUT2D eigenvalue weighted by atomic mass is 10.6. The topological polar surface area (TPSA) is 0 Å². The van der Waals surface area contributed by atoms with Gasteiger partial charge < -0.3 is 0 Å². The van der Waals surface area contributed by atoms with Crippen molar-refractivity contribution in [2.75, 3.05) is 5.75 Å². The Hall–Kier alpha value is -0.300. The third kappa shape index (κ3) is 5.70. The van der Waals surface area contributed by atoms with Crippen molar-refractivity contribution < 1.29 is 13.2 Å². The average molecular weight is 140 g/mol. The fraction of sp³-hybridized carbons (Fsp3) is 0.500. The van der Waals surface area contributed by atoms with Crippen LogP contribution in [-0.2, 0) is 0 Å². The zero-order valence-corrected chi connectivity index (χ0v) is 4.68. The molecule has 0 N–H and O–H groups in total. The molecule has 0 spiro atoms. The van der Waals surface area contributed by atoms with E-state index in [0.29, 0.717) is 0 Å². The molecule has 0 aromatic rings. The van der Waals surface area contributed by atoms with Crippen LogP contribution in [0.15, 0.2) is 0 Å². The fourth-order valence-corrected chi connectivity index (χ4v) is 0.219. The summed E-state index contributed by atoms with van der Waals surface area (Å²) in [5.41, 5.74) is 0. The first kappa shape index (κ1) is 7.70. The van der Waals surface area contributed by atoms with Gasteiger partial charge in [0, 0.05) is 5.92 Å². The highest BCUT2D eigenvalue weighted by atomic mass is 32.1. The van der Waals surface area contributed by atoms with Crippen molar-refractivity contribution in [3.63, 3.8) is 0 Å². The van der Waals surface area contributed by atoms with E-state index in [1.807, 2.05) is 0 Å². The summed E-state index contributed by atoms with van der Waals surface area (Å²) < 4.78 is 33.1. The Labute approximate surface area is 50.5 Å². The molecule has 0 unspecified atom stereocenters. The van der Waals surface area contributed by atoms with Gasteiger partial charge in [-0.15, -0.1) is 0 Å². The van der Waals surface area contributed by atoms with Gasteiger partial charge in [-0.25, -0.2) is 0 Å². The lowest BCUT2D eigenvalue weighted by molar-refractivity contribution is -0.0696. The van der Waals surface area contributed by atoms with Gasteiger partial charge in [-0.3, -0.25) is 0 Å². The van der Waals surface area contributed by atoms with Crippen molar-refractivity contribution in [2.45, 2.75) is 6.18 Å². The minimum absolute atomic E-state index is 0.0560. The van der Waals surface area contributed by atoms with Crippen LogP contribution in [0.3, 0.4) is 0 Å². The molecule has 0 aliphatic heterocycles. The van der Waals surface area contributed by atoms with E-state index < -0.39 is 6.18 Å². The van der Waals surface area contributed by atoms with Crippen LogP contribution in [0.2, 0.25) is 0 Å². The molecule has 0 amide bonds. The molecule has 0 radical (unpaired) electrons. The third-order valence-corrected chi connectivity index (χ3v) is 0.467. The normalized spacial score (nSPS) is 10.0. The number of halogens is 3. The smallest absolute Gasteiger partial charge is 0.166 e. The lowest BCUT2D eigenvalue weighted by Gasteiger charge is -1.89. The molecule has 0 nitrogen and oxygen atoms in total. The maximum Gasteiger partial charge on any atom is 0.457 e. The Morgan fingerprint density at radius 3 is 2.00 bits per heavy atom. The molecule has 46 valence electrons. The number of alkyl halides is 3. The van der Waals surface area contributed by atoms with Gasteiger partial charge in [0.1, 0.15) is 0 Å².